The van der Waals surface area contributed by atoms with Gasteiger partial charge in [0.1, 0.15) is 5.82 Å². The third-order valence-electron chi connectivity index (χ3n) is 3.04. The number of nitrogens with zero attached hydrogens (tertiary/aromatic N) is 3. The molecule has 0 unspecified atom stereocenters. The Labute approximate surface area is 129 Å². The lowest BCUT2D eigenvalue weighted by Gasteiger charge is -2.11. The van der Waals surface area contributed by atoms with E-state index in [2.05, 4.69) is 10.2 Å². The molecule has 0 amide bonds. The summed E-state index contributed by atoms with van der Waals surface area (Å²) in [5.74, 6) is 0.917. The van der Waals surface area contributed by atoms with Gasteiger partial charge in [0.25, 0.3) is 14.2 Å². The lowest BCUT2D eigenvalue weighted by Crippen LogP contribution is -2.14. The quantitative estimate of drug-likeness (QED) is 0.765. The SMILES string of the molecule is CC(C)Cn1c(CCc2ccccc2)nnc1S(=O)(=O)Cl. The molecule has 0 aliphatic carbocycles. The number of hydrogen-bond donors (Lipinski definition) is 0. The molecule has 0 saturated carbocycles. The Bertz CT molecular complexity index is 696. The number of benzene rings is 1. The maximum Gasteiger partial charge on any atom is 0.296 e. The van der Waals surface area contributed by atoms with Gasteiger partial charge < -0.3 is 4.57 Å². The molecule has 0 aliphatic rings. The highest BCUT2D eigenvalue weighted by atomic mass is 35.7. The predicted molar refractivity (Wildman–Crippen MR) is 81.7 cm³/mol. The fourth-order valence-electron chi connectivity index (χ4n) is 2.13. The summed E-state index contributed by atoms with van der Waals surface area (Å²) in [7, 11) is 1.55. The second kappa shape index (κ2) is 6.58. The fourth-order valence-corrected chi connectivity index (χ4v) is 3.06. The number of rotatable bonds is 6. The highest BCUT2D eigenvalue weighted by Gasteiger charge is 2.22. The second-order valence-corrected chi connectivity index (χ2v) is 7.79. The van der Waals surface area contributed by atoms with Crippen LogP contribution in [0.1, 0.15) is 25.2 Å². The first kappa shape index (κ1) is 16.0. The normalized spacial score (nSPS) is 12.0. The first-order chi connectivity index (χ1) is 9.88. The van der Waals surface area contributed by atoms with E-state index >= 15 is 0 Å². The number of aryl methyl sites for hydroxylation is 2. The van der Waals surface area contributed by atoms with E-state index in [4.69, 9.17) is 10.7 Å². The minimum Gasteiger partial charge on any atom is -0.301 e. The maximum atomic E-state index is 11.6. The average Bonchev–Trinajstić information content (AvgIpc) is 2.79. The van der Waals surface area contributed by atoms with Gasteiger partial charge in [-0.05, 0) is 17.9 Å². The van der Waals surface area contributed by atoms with Crippen molar-refractivity contribution in [1.82, 2.24) is 14.8 Å². The summed E-state index contributed by atoms with van der Waals surface area (Å²) in [6, 6.07) is 9.97. The zero-order valence-corrected chi connectivity index (χ0v) is 13.6. The van der Waals surface area contributed by atoms with E-state index in [9.17, 15) is 8.42 Å². The molecule has 0 bridgehead atoms. The highest BCUT2D eigenvalue weighted by molar-refractivity contribution is 8.13. The zero-order chi connectivity index (χ0) is 15.5. The molecule has 1 aromatic heterocycles. The molecular weight excluding hydrogens is 310 g/mol. The molecule has 2 aromatic rings. The van der Waals surface area contributed by atoms with Gasteiger partial charge in [0.15, 0.2) is 0 Å². The van der Waals surface area contributed by atoms with Crippen molar-refractivity contribution >= 4 is 19.7 Å². The van der Waals surface area contributed by atoms with Gasteiger partial charge in [0.05, 0.1) is 0 Å². The van der Waals surface area contributed by atoms with Crippen molar-refractivity contribution in [2.24, 2.45) is 5.92 Å². The minimum atomic E-state index is -3.88. The van der Waals surface area contributed by atoms with Gasteiger partial charge in [-0.15, -0.1) is 10.2 Å². The molecular formula is C14H18ClN3O2S. The van der Waals surface area contributed by atoms with Gasteiger partial charge in [-0.3, -0.25) is 0 Å². The standard InChI is InChI=1S/C14H18ClN3O2S/c1-11(2)10-18-13(16-17-14(18)21(15,19)20)9-8-12-6-4-3-5-7-12/h3-7,11H,8-10H2,1-2H3. The van der Waals surface area contributed by atoms with E-state index in [1.165, 1.54) is 5.56 Å². The number of halogens is 1. The predicted octanol–water partition coefficient (Wildman–Crippen LogP) is 2.65. The molecule has 1 aromatic carbocycles. The van der Waals surface area contributed by atoms with Crippen molar-refractivity contribution in [3.8, 4) is 0 Å². The Morgan fingerprint density at radius 1 is 1.14 bits per heavy atom. The molecule has 114 valence electrons. The van der Waals surface area contributed by atoms with Crippen LogP contribution in [0, 0.1) is 5.92 Å². The summed E-state index contributed by atoms with van der Waals surface area (Å²) in [5.41, 5.74) is 1.17. The molecule has 0 spiro atoms. The van der Waals surface area contributed by atoms with Crippen LogP contribution in [0.2, 0.25) is 0 Å². The van der Waals surface area contributed by atoms with Crippen molar-refractivity contribution in [2.45, 2.75) is 38.4 Å². The summed E-state index contributed by atoms with van der Waals surface area (Å²) in [6.45, 7) is 4.54. The summed E-state index contributed by atoms with van der Waals surface area (Å²) in [6.07, 6.45) is 1.40. The van der Waals surface area contributed by atoms with Crippen LogP contribution >= 0.6 is 10.7 Å². The monoisotopic (exact) mass is 327 g/mol. The van der Waals surface area contributed by atoms with E-state index in [0.29, 0.717) is 18.8 Å². The molecule has 0 atom stereocenters. The molecule has 21 heavy (non-hydrogen) atoms. The molecule has 0 saturated heterocycles. The van der Waals surface area contributed by atoms with E-state index in [1.807, 2.05) is 44.2 Å². The van der Waals surface area contributed by atoms with Crippen LogP contribution < -0.4 is 0 Å². The van der Waals surface area contributed by atoms with Crippen LogP contribution in [0.25, 0.3) is 0 Å². The van der Waals surface area contributed by atoms with Crippen molar-refractivity contribution < 1.29 is 8.42 Å². The van der Waals surface area contributed by atoms with Crippen LogP contribution in [-0.4, -0.2) is 23.2 Å². The van der Waals surface area contributed by atoms with Gasteiger partial charge in [-0.2, -0.15) is 0 Å². The van der Waals surface area contributed by atoms with Gasteiger partial charge in [0, 0.05) is 23.6 Å². The summed E-state index contributed by atoms with van der Waals surface area (Å²) in [5, 5.41) is 7.58. The Hall–Kier alpha value is -1.40. The van der Waals surface area contributed by atoms with Gasteiger partial charge in [0.2, 0.25) is 0 Å². The van der Waals surface area contributed by atoms with Crippen LogP contribution in [0.3, 0.4) is 0 Å². The average molecular weight is 328 g/mol. The third-order valence-corrected chi connectivity index (χ3v) is 4.19. The van der Waals surface area contributed by atoms with Crippen LogP contribution in [0.15, 0.2) is 35.5 Å². The van der Waals surface area contributed by atoms with Crippen molar-refractivity contribution in [1.29, 1.82) is 0 Å². The topological polar surface area (TPSA) is 64.8 Å². The number of hydrogen-bond acceptors (Lipinski definition) is 4. The molecule has 5 nitrogen and oxygen atoms in total. The number of aromatic nitrogens is 3. The van der Waals surface area contributed by atoms with E-state index < -0.39 is 9.05 Å². The van der Waals surface area contributed by atoms with E-state index in [1.54, 1.807) is 4.57 Å². The zero-order valence-electron chi connectivity index (χ0n) is 12.0. The molecule has 0 radical (unpaired) electrons. The fraction of sp³-hybridized carbons (Fsp3) is 0.429. The van der Waals surface area contributed by atoms with E-state index in [0.717, 1.165) is 6.42 Å². The molecule has 0 fully saturated rings. The second-order valence-electron chi connectivity index (χ2n) is 5.33. The minimum absolute atomic E-state index is 0.166. The Morgan fingerprint density at radius 2 is 1.81 bits per heavy atom. The molecule has 2 rings (SSSR count). The van der Waals surface area contributed by atoms with Crippen molar-refractivity contribution in [3.63, 3.8) is 0 Å². The lowest BCUT2D eigenvalue weighted by molar-refractivity contribution is 0.471. The summed E-state index contributed by atoms with van der Waals surface area (Å²) in [4.78, 5) is 0. The molecule has 0 N–H and O–H groups in total. The largest absolute Gasteiger partial charge is 0.301 e. The first-order valence-corrected chi connectivity index (χ1v) is 9.09. The van der Waals surface area contributed by atoms with Crippen LogP contribution in [-0.2, 0) is 28.4 Å². The Morgan fingerprint density at radius 3 is 2.38 bits per heavy atom. The van der Waals surface area contributed by atoms with Crippen LogP contribution in [0.5, 0.6) is 0 Å². The Kier molecular flexibility index (Phi) is 5.00. The van der Waals surface area contributed by atoms with E-state index in [-0.39, 0.29) is 11.1 Å². The maximum absolute atomic E-state index is 11.6. The molecule has 0 aliphatic heterocycles. The molecule has 7 heteroatoms. The van der Waals surface area contributed by atoms with Gasteiger partial charge >= 0.3 is 0 Å². The van der Waals surface area contributed by atoms with Gasteiger partial charge in [-0.1, -0.05) is 44.2 Å². The smallest absolute Gasteiger partial charge is 0.296 e. The summed E-state index contributed by atoms with van der Waals surface area (Å²) < 4.78 is 24.7. The summed E-state index contributed by atoms with van der Waals surface area (Å²) >= 11 is 0. The van der Waals surface area contributed by atoms with Crippen molar-refractivity contribution in [3.05, 3.63) is 41.7 Å². The van der Waals surface area contributed by atoms with Crippen LogP contribution in [0.4, 0.5) is 0 Å². The Balaban J connectivity index is 2.25. The van der Waals surface area contributed by atoms with Crippen molar-refractivity contribution in [2.75, 3.05) is 0 Å². The third kappa shape index (κ3) is 4.28. The first-order valence-electron chi connectivity index (χ1n) is 6.78. The lowest BCUT2D eigenvalue weighted by atomic mass is 10.1. The molecule has 1 heterocycles. The highest BCUT2D eigenvalue weighted by Crippen LogP contribution is 2.17. The van der Waals surface area contributed by atoms with Gasteiger partial charge in [-0.25, -0.2) is 8.42 Å².